The molecule has 1 saturated carbocycles. The van der Waals surface area contributed by atoms with Crippen LogP contribution in [-0.2, 0) is 16.0 Å². The van der Waals surface area contributed by atoms with Crippen molar-refractivity contribution in [1.29, 1.82) is 0 Å². The van der Waals surface area contributed by atoms with Gasteiger partial charge in [0.15, 0.2) is 0 Å². The van der Waals surface area contributed by atoms with Gasteiger partial charge in [0.1, 0.15) is 0 Å². The van der Waals surface area contributed by atoms with E-state index >= 15 is 0 Å². The van der Waals surface area contributed by atoms with Gasteiger partial charge in [0.05, 0.1) is 11.8 Å². The van der Waals surface area contributed by atoms with E-state index in [9.17, 15) is 9.59 Å². The SMILES string of the molecule is CC(C)c1ccc(NC(=O)C2CC2C(=O)NCCc2ccccc2)cc1. The third-order valence-corrected chi connectivity index (χ3v) is 4.86. The molecule has 1 fully saturated rings. The maximum absolute atomic E-state index is 12.3. The van der Waals surface area contributed by atoms with E-state index in [1.165, 1.54) is 11.1 Å². The molecule has 3 rings (SSSR count). The first-order chi connectivity index (χ1) is 12.5. The lowest BCUT2D eigenvalue weighted by molar-refractivity contribution is -0.125. The fourth-order valence-corrected chi connectivity index (χ4v) is 3.07. The van der Waals surface area contributed by atoms with Gasteiger partial charge in [0, 0.05) is 12.2 Å². The van der Waals surface area contributed by atoms with E-state index in [1.807, 2.05) is 54.6 Å². The summed E-state index contributed by atoms with van der Waals surface area (Å²) in [5, 5.41) is 5.86. The molecule has 2 unspecified atom stereocenters. The van der Waals surface area contributed by atoms with Crippen LogP contribution < -0.4 is 10.6 Å². The van der Waals surface area contributed by atoms with Gasteiger partial charge in [0.2, 0.25) is 11.8 Å². The summed E-state index contributed by atoms with van der Waals surface area (Å²) in [5.41, 5.74) is 3.22. The third kappa shape index (κ3) is 4.72. The fraction of sp³-hybridized carbons (Fsp3) is 0.364. The van der Waals surface area contributed by atoms with E-state index in [-0.39, 0.29) is 23.7 Å². The highest BCUT2D eigenvalue weighted by molar-refractivity contribution is 5.99. The number of benzene rings is 2. The quantitative estimate of drug-likeness (QED) is 0.799. The lowest BCUT2D eigenvalue weighted by Gasteiger charge is -2.08. The van der Waals surface area contributed by atoms with Crippen molar-refractivity contribution in [3.8, 4) is 0 Å². The maximum Gasteiger partial charge on any atom is 0.228 e. The third-order valence-electron chi connectivity index (χ3n) is 4.86. The standard InChI is InChI=1S/C22H26N2O2/c1-15(2)17-8-10-18(11-9-17)24-22(26)20-14-19(20)21(25)23-13-12-16-6-4-3-5-7-16/h3-11,15,19-20H,12-14H2,1-2H3,(H,23,25)(H,24,26). The summed E-state index contributed by atoms with van der Waals surface area (Å²) in [5.74, 6) is -0.0221. The number of carbonyl (C=O) groups excluding carboxylic acids is 2. The molecule has 136 valence electrons. The number of anilines is 1. The molecule has 2 N–H and O–H groups in total. The minimum absolute atomic E-state index is 0.0174. The van der Waals surface area contributed by atoms with E-state index in [1.54, 1.807) is 0 Å². The molecule has 0 saturated heterocycles. The van der Waals surface area contributed by atoms with Gasteiger partial charge in [0.25, 0.3) is 0 Å². The first-order valence-electron chi connectivity index (χ1n) is 9.27. The van der Waals surface area contributed by atoms with Crippen molar-refractivity contribution in [2.24, 2.45) is 11.8 Å². The van der Waals surface area contributed by atoms with E-state index in [0.717, 1.165) is 12.1 Å². The van der Waals surface area contributed by atoms with Crippen LogP contribution in [0.4, 0.5) is 5.69 Å². The van der Waals surface area contributed by atoms with Crippen LogP contribution in [0.3, 0.4) is 0 Å². The first kappa shape index (κ1) is 18.2. The largest absolute Gasteiger partial charge is 0.356 e. The first-order valence-corrected chi connectivity index (χ1v) is 9.27. The van der Waals surface area contributed by atoms with Crippen LogP contribution in [0.2, 0.25) is 0 Å². The van der Waals surface area contributed by atoms with Crippen LogP contribution >= 0.6 is 0 Å². The molecule has 2 aromatic rings. The van der Waals surface area contributed by atoms with Gasteiger partial charge in [-0.3, -0.25) is 9.59 Å². The highest BCUT2D eigenvalue weighted by atomic mass is 16.2. The molecular weight excluding hydrogens is 324 g/mol. The van der Waals surface area contributed by atoms with E-state index < -0.39 is 0 Å². The molecule has 4 nitrogen and oxygen atoms in total. The van der Waals surface area contributed by atoms with Crippen molar-refractivity contribution >= 4 is 17.5 Å². The Morgan fingerprint density at radius 1 is 0.962 bits per heavy atom. The van der Waals surface area contributed by atoms with Gasteiger partial charge in [-0.05, 0) is 42.0 Å². The van der Waals surface area contributed by atoms with E-state index in [4.69, 9.17) is 0 Å². The van der Waals surface area contributed by atoms with Crippen molar-refractivity contribution < 1.29 is 9.59 Å². The maximum atomic E-state index is 12.3. The number of nitrogens with one attached hydrogen (secondary N) is 2. The highest BCUT2D eigenvalue weighted by Gasteiger charge is 2.47. The number of carbonyl (C=O) groups is 2. The van der Waals surface area contributed by atoms with Gasteiger partial charge < -0.3 is 10.6 Å². The highest BCUT2D eigenvalue weighted by Crippen LogP contribution is 2.39. The molecule has 2 aromatic carbocycles. The van der Waals surface area contributed by atoms with Crippen LogP contribution in [0.1, 0.15) is 37.3 Å². The molecule has 1 aliphatic carbocycles. The summed E-state index contributed by atoms with van der Waals surface area (Å²) in [7, 11) is 0. The molecular formula is C22H26N2O2. The van der Waals surface area contributed by atoms with E-state index in [2.05, 4.69) is 24.5 Å². The molecule has 2 amide bonds. The van der Waals surface area contributed by atoms with Crippen molar-refractivity contribution in [1.82, 2.24) is 5.32 Å². The Morgan fingerprint density at radius 2 is 1.62 bits per heavy atom. The number of amides is 2. The molecule has 0 spiro atoms. The molecule has 1 aliphatic rings. The predicted octanol–water partition coefficient (Wildman–Crippen LogP) is 3.74. The smallest absolute Gasteiger partial charge is 0.228 e. The Labute approximate surface area is 155 Å². The molecule has 0 aliphatic heterocycles. The molecule has 0 aromatic heterocycles. The Bertz CT molecular complexity index is 753. The minimum atomic E-state index is -0.212. The zero-order chi connectivity index (χ0) is 18.5. The predicted molar refractivity (Wildman–Crippen MR) is 104 cm³/mol. The Balaban J connectivity index is 1.42. The van der Waals surface area contributed by atoms with Gasteiger partial charge >= 0.3 is 0 Å². The van der Waals surface area contributed by atoms with Crippen molar-refractivity contribution in [3.63, 3.8) is 0 Å². The van der Waals surface area contributed by atoms with Crippen molar-refractivity contribution in [3.05, 3.63) is 65.7 Å². The average Bonchev–Trinajstić information content (AvgIpc) is 3.44. The summed E-state index contributed by atoms with van der Waals surface area (Å²) >= 11 is 0. The molecule has 0 bridgehead atoms. The number of rotatable bonds is 7. The minimum Gasteiger partial charge on any atom is -0.356 e. The lowest BCUT2D eigenvalue weighted by Crippen LogP contribution is -2.29. The van der Waals surface area contributed by atoms with Gasteiger partial charge in [-0.2, -0.15) is 0 Å². The summed E-state index contributed by atoms with van der Waals surface area (Å²) in [6, 6.07) is 18.0. The van der Waals surface area contributed by atoms with Crippen LogP contribution in [0.15, 0.2) is 54.6 Å². The number of hydrogen-bond donors (Lipinski definition) is 2. The second-order valence-corrected chi connectivity index (χ2v) is 7.24. The second kappa shape index (κ2) is 8.17. The molecule has 26 heavy (non-hydrogen) atoms. The second-order valence-electron chi connectivity index (χ2n) is 7.24. The van der Waals surface area contributed by atoms with Crippen LogP contribution in [0.25, 0.3) is 0 Å². The van der Waals surface area contributed by atoms with Crippen LogP contribution in [0, 0.1) is 11.8 Å². The molecule has 2 atom stereocenters. The average molecular weight is 350 g/mol. The fourth-order valence-electron chi connectivity index (χ4n) is 3.07. The van der Waals surface area contributed by atoms with Gasteiger partial charge in [-0.1, -0.05) is 56.3 Å². The Hall–Kier alpha value is -2.62. The van der Waals surface area contributed by atoms with Gasteiger partial charge in [-0.25, -0.2) is 0 Å². The molecule has 0 heterocycles. The summed E-state index contributed by atoms with van der Waals surface area (Å²) in [4.78, 5) is 24.5. The van der Waals surface area contributed by atoms with Gasteiger partial charge in [-0.15, -0.1) is 0 Å². The Kier molecular flexibility index (Phi) is 5.71. The van der Waals surface area contributed by atoms with Crippen molar-refractivity contribution in [2.45, 2.75) is 32.6 Å². The van der Waals surface area contributed by atoms with Crippen LogP contribution in [0.5, 0.6) is 0 Å². The van der Waals surface area contributed by atoms with Crippen LogP contribution in [-0.4, -0.2) is 18.4 Å². The summed E-state index contributed by atoms with van der Waals surface area (Å²) in [6.45, 7) is 4.88. The topological polar surface area (TPSA) is 58.2 Å². The summed E-state index contributed by atoms with van der Waals surface area (Å²) < 4.78 is 0. The zero-order valence-electron chi connectivity index (χ0n) is 15.4. The normalized spacial score (nSPS) is 18.4. The molecule has 4 heteroatoms. The van der Waals surface area contributed by atoms with E-state index in [0.29, 0.717) is 18.9 Å². The molecule has 0 radical (unpaired) electrons. The summed E-state index contributed by atoms with van der Waals surface area (Å²) in [6.07, 6.45) is 1.44. The zero-order valence-corrected chi connectivity index (χ0v) is 15.4. The lowest BCUT2D eigenvalue weighted by atomic mass is 10.0. The van der Waals surface area contributed by atoms with Crippen molar-refractivity contribution in [2.75, 3.05) is 11.9 Å². The number of hydrogen-bond acceptors (Lipinski definition) is 2. The Morgan fingerprint density at radius 3 is 2.27 bits per heavy atom. The monoisotopic (exact) mass is 350 g/mol.